The summed E-state index contributed by atoms with van der Waals surface area (Å²) in [5, 5.41) is 0.0739. The molecule has 2 heteroatoms. The first-order chi connectivity index (χ1) is 7.45. The van der Waals surface area contributed by atoms with Gasteiger partial charge in [0.25, 0.3) is 0 Å². The van der Waals surface area contributed by atoms with Gasteiger partial charge in [0.2, 0.25) is 0 Å². The molecule has 0 aliphatic heterocycles. The van der Waals surface area contributed by atoms with Crippen molar-refractivity contribution >= 4 is 11.6 Å². The zero-order valence-corrected chi connectivity index (χ0v) is 11.1. The highest BCUT2D eigenvalue weighted by Crippen LogP contribution is 2.60. The molecule has 0 aromatic heterocycles. The SMILES string of the molecule is COc1ccc(C)cc1C(Cl)C1CC1(C)C. The molecule has 1 aromatic rings. The number of rotatable bonds is 3. The average Bonchev–Trinajstić information content (AvgIpc) is 2.86. The van der Waals surface area contributed by atoms with E-state index in [9.17, 15) is 0 Å². The lowest BCUT2D eigenvalue weighted by molar-refractivity contribution is 0.406. The molecule has 88 valence electrons. The van der Waals surface area contributed by atoms with E-state index in [1.54, 1.807) is 7.11 Å². The third-order valence-corrected chi connectivity index (χ3v) is 4.16. The van der Waals surface area contributed by atoms with Crippen LogP contribution in [0.5, 0.6) is 5.75 Å². The molecule has 0 radical (unpaired) electrons. The number of benzene rings is 1. The minimum Gasteiger partial charge on any atom is -0.496 e. The van der Waals surface area contributed by atoms with Gasteiger partial charge in [-0.25, -0.2) is 0 Å². The molecule has 1 fully saturated rings. The molecule has 0 heterocycles. The van der Waals surface area contributed by atoms with Crippen LogP contribution in [0.2, 0.25) is 0 Å². The Bertz CT molecular complexity index is 398. The Morgan fingerprint density at radius 1 is 1.44 bits per heavy atom. The van der Waals surface area contributed by atoms with E-state index in [1.807, 2.05) is 6.07 Å². The summed E-state index contributed by atoms with van der Waals surface area (Å²) in [5.41, 5.74) is 2.76. The van der Waals surface area contributed by atoms with E-state index >= 15 is 0 Å². The van der Waals surface area contributed by atoms with Gasteiger partial charge in [-0.05, 0) is 30.7 Å². The predicted octanol–water partition coefficient (Wildman–Crippen LogP) is 4.33. The van der Waals surface area contributed by atoms with E-state index in [-0.39, 0.29) is 5.38 Å². The zero-order valence-electron chi connectivity index (χ0n) is 10.4. The third kappa shape index (κ3) is 2.06. The Labute approximate surface area is 103 Å². The average molecular weight is 239 g/mol. The minimum absolute atomic E-state index is 0.0739. The molecule has 1 aliphatic rings. The van der Waals surface area contributed by atoms with E-state index in [0.717, 1.165) is 11.3 Å². The molecule has 16 heavy (non-hydrogen) atoms. The molecule has 1 saturated carbocycles. The number of ether oxygens (including phenoxy) is 1. The van der Waals surface area contributed by atoms with Crippen LogP contribution in [-0.2, 0) is 0 Å². The number of methoxy groups -OCH3 is 1. The van der Waals surface area contributed by atoms with Crippen molar-refractivity contribution in [2.75, 3.05) is 7.11 Å². The summed E-state index contributed by atoms with van der Waals surface area (Å²) in [7, 11) is 1.70. The third-order valence-electron chi connectivity index (χ3n) is 3.63. The lowest BCUT2D eigenvalue weighted by atomic mass is 10.00. The first-order valence-corrected chi connectivity index (χ1v) is 6.18. The van der Waals surface area contributed by atoms with Crippen LogP contribution >= 0.6 is 11.6 Å². The number of hydrogen-bond acceptors (Lipinski definition) is 1. The van der Waals surface area contributed by atoms with Crippen LogP contribution in [0.1, 0.15) is 36.8 Å². The maximum absolute atomic E-state index is 6.56. The highest BCUT2D eigenvalue weighted by Gasteiger charge is 2.50. The van der Waals surface area contributed by atoms with Gasteiger partial charge in [-0.1, -0.05) is 31.5 Å². The molecule has 1 aromatic carbocycles. The molecule has 2 rings (SSSR count). The first-order valence-electron chi connectivity index (χ1n) is 5.74. The van der Waals surface area contributed by atoms with Crippen LogP contribution in [0.25, 0.3) is 0 Å². The van der Waals surface area contributed by atoms with Crippen molar-refractivity contribution in [3.8, 4) is 5.75 Å². The normalized spacial score (nSPS) is 23.9. The molecule has 2 unspecified atom stereocenters. The summed E-state index contributed by atoms with van der Waals surface area (Å²) in [5.74, 6) is 1.48. The quantitative estimate of drug-likeness (QED) is 0.713. The molecule has 0 spiro atoms. The van der Waals surface area contributed by atoms with Crippen molar-refractivity contribution in [1.29, 1.82) is 0 Å². The van der Waals surface area contributed by atoms with Crippen molar-refractivity contribution in [2.45, 2.75) is 32.6 Å². The Morgan fingerprint density at radius 2 is 2.06 bits per heavy atom. The van der Waals surface area contributed by atoms with E-state index in [1.165, 1.54) is 12.0 Å². The summed E-state index contributed by atoms with van der Waals surface area (Å²) in [4.78, 5) is 0. The van der Waals surface area contributed by atoms with Crippen molar-refractivity contribution < 1.29 is 4.74 Å². The maximum atomic E-state index is 6.56. The highest BCUT2D eigenvalue weighted by molar-refractivity contribution is 6.21. The topological polar surface area (TPSA) is 9.23 Å². The van der Waals surface area contributed by atoms with Crippen LogP contribution in [0.4, 0.5) is 0 Å². The molecule has 1 nitrogen and oxygen atoms in total. The molecular weight excluding hydrogens is 220 g/mol. The van der Waals surface area contributed by atoms with Crippen molar-refractivity contribution in [3.05, 3.63) is 29.3 Å². The van der Waals surface area contributed by atoms with Gasteiger partial charge in [-0.2, -0.15) is 0 Å². The van der Waals surface area contributed by atoms with Crippen LogP contribution < -0.4 is 4.74 Å². The zero-order chi connectivity index (χ0) is 11.9. The second-order valence-electron chi connectivity index (χ2n) is 5.45. The molecule has 0 saturated heterocycles. The van der Waals surface area contributed by atoms with Crippen molar-refractivity contribution in [3.63, 3.8) is 0 Å². The lowest BCUT2D eigenvalue weighted by Crippen LogP contribution is -2.02. The van der Waals surface area contributed by atoms with Gasteiger partial charge in [-0.3, -0.25) is 0 Å². The Kier molecular flexibility index (Phi) is 2.91. The minimum atomic E-state index is 0.0739. The van der Waals surface area contributed by atoms with Gasteiger partial charge in [0.15, 0.2) is 0 Å². The standard InChI is InChI=1S/C14H19ClO/c1-9-5-6-12(16-4)10(7-9)13(15)11-8-14(11,2)3/h5-7,11,13H,8H2,1-4H3. The fraction of sp³-hybridized carbons (Fsp3) is 0.571. The van der Waals surface area contributed by atoms with E-state index in [0.29, 0.717) is 11.3 Å². The maximum Gasteiger partial charge on any atom is 0.123 e. The molecule has 0 amide bonds. The number of alkyl halides is 1. The molecule has 0 bridgehead atoms. The second kappa shape index (κ2) is 3.96. The fourth-order valence-electron chi connectivity index (χ4n) is 2.29. The molecule has 0 N–H and O–H groups in total. The Balaban J connectivity index is 2.29. The molecule has 2 atom stereocenters. The molecular formula is C14H19ClO. The molecule has 1 aliphatic carbocycles. The van der Waals surface area contributed by atoms with Gasteiger partial charge in [0.05, 0.1) is 12.5 Å². The van der Waals surface area contributed by atoms with Crippen molar-refractivity contribution in [1.82, 2.24) is 0 Å². The Hall–Kier alpha value is -0.690. The highest BCUT2D eigenvalue weighted by atomic mass is 35.5. The smallest absolute Gasteiger partial charge is 0.123 e. The van der Waals surface area contributed by atoms with Gasteiger partial charge < -0.3 is 4.74 Å². The summed E-state index contributed by atoms with van der Waals surface area (Å²) < 4.78 is 5.38. The van der Waals surface area contributed by atoms with Gasteiger partial charge >= 0.3 is 0 Å². The van der Waals surface area contributed by atoms with Crippen LogP contribution in [0, 0.1) is 18.3 Å². The summed E-state index contributed by atoms with van der Waals surface area (Å²) in [6, 6.07) is 6.21. The first kappa shape index (κ1) is 11.8. The van der Waals surface area contributed by atoms with Gasteiger partial charge in [-0.15, -0.1) is 11.6 Å². The number of halogens is 1. The Morgan fingerprint density at radius 3 is 2.56 bits per heavy atom. The van der Waals surface area contributed by atoms with Crippen LogP contribution in [-0.4, -0.2) is 7.11 Å². The number of hydrogen-bond donors (Lipinski definition) is 0. The number of aryl methyl sites for hydroxylation is 1. The summed E-state index contributed by atoms with van der Waals surface area (Å²) in [6.07, 6.45) is 1.21. The fourth-order valence-corrected chi connectivity index (χ4v) is 2.89. The summed E-state index contributed by atoms with van der Waals surface area (Å²) in [6.45, 7) is 6.63. The van der Waals surface area contributed by atoms with E-state index < -0.39 is 0 Å². The largest absolute Gasteiger partial charge is 0.496 e. The van der Waals surface area contributed by atoms with Gasteiger partial charge in [0, 0.05) is 5.56 Å². The van der Waals surface area contributed by atoms with E-state index in [4.69, 9.17) is 16.3 Å². The monoisotopic (exact) mass is 238 g/mol. The van der Waals surface area contributed by atoms with E-state index in [2.05, 4.69) is 32.9 Å². The summed E-state index contributed by atoms with van der Waals surface area (Å²) >= 11 is 6.56. The van der Waals surface area contributed by atoms with Gasteiger partial charge in [0.1, 0.15) is 5.75 Å². The van der Waals surface area contributed by atoms with Crippen LogP contribution in [0.3, 0.4) is 0 Å². The predicted molar refractivity (Wildman–Crippen MR) is 68.2 cm³/mol. The van der Waals surface area contributed by atoms with Crippen molar-refractivity contribution in [2.24, 2.45) is 11.3 Å². The second-order valence-corrected chi connectivity index (χ2v) is 5.92. The lowest BCUT2D eigenvalue weighted by Gasteiger charge is -2.16. The van der Waals surface area contributed by atoms with Crippen LogP contribution in [0.15, 0.2) is 18.2 Å².